The topological polar surface area (TPSA) is 34.2 Å². The van der Waals surface area contributed by atoms with E-state index in [4.69, 9.17) is 4.74 Å². The molecule has 0 spiro atoms. The molecule has 0 bridgehead atoms. The van der Waals surface area contributed by atoms with Crippen LogP contribution in [-0.4, -0.2) is 31.8 Å². The molecule has 0 atom stereocenters. The van der Waals surface area contributed by atoms with Gasteiger partial charge in [-0.3, -0.25) is 0 Å². The van der Waals surface area contributed by atoms with Gasteiger partial charge >= 0.3 is 0 Å². The molecule has 0 unspecified atom stereocenters. The molecule has 1 rings (SSSR count). The highest BCUT2D eigenvalue weighted by atomic mass is 32.1. The van der Waals surface area contributed by atoms with E-state index in [0.717, 1.165) is 31.1 Å². The van der Waals surface area contributed by atoms with E-state index in [0.29, 0.717) is 0 Å². The molecule has 16 heavy (non-hydrogen) atoms. The average molecular weight is 240 g/mol. The summed E-state index contributed by atoms with van der Waals surface area (Å²) in [6.07, 6.45) is 5.23. The Kier molecular flexibility index (Phi) is 6.30. The lowest BCUT2D eigenvalue weighted by Crippen LogP contribution is -2.21. The number of hydrogen-bond acceptors (Lipinski definition) is 4. The predicted octanol–water partition coefficient (Wildman–Crippen LogP) is 2.48. The molecule has 0 amide bonds. The molecule has 0 radical (unpaired) electrons. The highest BCUT2D eigenvalue weighted by Gasteiger charge is 1.98. The molecule has 3 nitrogen and oxygen atoms in total. The number of nitrogens with one attached hydrogen (secondary N) is 1. The number of aromatic nitrogens is 1. The fourth-order valence-electron chi connectivity index (χ4n) is 1.35. The molecule has 1 aromatic rings. The summed E-state index contributed by atoms with van der Waals surface area (Å²) >= 11 is 1.74. The number of rotatable bonds is 7. The third-order valence-corrected chi connectivity index (χ3v) is 3.13. The van der Waals surface area contributed by atoms with Crippen LogP contribution in [0.3, 0.4) is 0 Å². The minimum atomic E-state index is 0.761. The fraction of sp³-hybridized carbons (Fsp3) is 0.583. The van der Waals surface area contributed by atoms with Crippen molar-refractivity contribution in [2.45, 2.75) is 20.3 Å². The zero-order chi connectivity index (χ0) is 11.8. The van der Waals surface area contributed by atoms with Gasteiger partial charge in [-0.1, -0.05) is 12.5 Å². The van der Waals surface area contributed by atoms with E-state index < -0.39 is 0 Å². The van der Waals surface area contributed by atoms with Crippen LogP contribution in [0.25, 0.3) is 6.08 Å². The van der Waals surface area contributed by atoms with Gasteiger partial charge < -0.3 is 10.1 Å². The van der Waals surface area contributed by atoms with Gasteiger partial charge in [-0.25, -0.2) is 4.98 Å². The van der Waals surface area contributed by atoms with Crippen molar-refractivity contribution in [2.75, 3.05) is 26.8 Å². The van der Waals surface area contributed by atoms with Crippen LogP contribution in [0.4, 0.5) is 0 Å². The minimum absolute atomic E-state index is 0.761. The molecule has 0 aliphatic carbocycles. The van der Waals surface area contributed by atoms with Gasteiger partial charge in [0.1, 0.15) is 0 Å². The van der Waals surface area contributed by atoms with Crippen molar-refractivity contribution in [2.24, 2.45) is 0 Å². The van der Waals surface area contributed by atoms with E-state index in [1.807, 2.05) is 13.1 Å². The molecular formula is C12H20N2OS. The quantitative estimate of drug-likeness (QED) is 0.744. The highest BCUT2D eigenvalue weighted by molar-refractivity contribution is 7.12. The first-order chi connectivity index (χ1) is 7.76. The van der Waals surface area contributed by atoms with Crippen molar-refractivity contribution < 1.29 is 4.74 Å². The van der Waals surface area contributed by atoms with Gasteiger partial charge in [0.05, 0.1) is 11.6 Å². The van der Waals surface area contributed by atoms with E-state index >= 15 is 0 Å². The summed E-state index contributed by atoms with van der Waals surface area (Å²) in [5.41, 5.74) is 1.40. The molecule has 0 aromatic carbocycles. The largest absolute Gasteiger partial charge is 0.383 e. The summed E-state index contributed by atoms with van der Waals surface area (Å²) in [6.45, 7) is 6.80. The molecule has 0 aliphatic heterocycles. The fourth-order valence-corrected chi connectivity index (χ4v) is 2.12. The van der Waals surface area contributed by atoms with E-state index in [2.05, 4.69) is 23.3 Å². The first-order valence-corrected chi connectivity index (χ1v) is 6.39. The van der Waals surface area contributed by atoms with Gasteiger partial charge in [0, 0.05) is 31.3 Å². The van der Waals surface area contributed by atoms with Crippen LogP contribution >= 0.6 is 11.3 Å². The number of aryl methyl sites for hydroxylation is 1. The van der Waals surface area contributed by atoms with Crippen LogP contribution in [-0.2, 0) is 4.74 Å². The highest BCUT2D eigenvalue weighted by Crippen LogP contribution is 2.16. The van der Waals surface area contributed by atoms with Crippen molar-refractivity contribution in [3.05, 3.63) is 21.7 Å². The second-order valence-corrected chi connectivity index (χ2v) is 4.87. The minimum Gasteiger partial charge on any atom is -0.383 e. The van der Waals surface area contributed by atoms with Crippen molar-refractivity contribution in [3.63, 3.8) is 0 Å². The van der Waals surface area contributed by atoms with Crippen molar-refractivity contribution in [3.8, 4) is 0 Å². The van der Waals surface area contributed by atoms with Gasteiger partial charge in [0.15, 0.2) is 0 Å². The lowest BCUT2D eigenvalue weighted by molar-refractivity contribution is 0.200. The smallest absolute Gasteiger partial charge is 0.0900 e. The van der Waals surface area contributed by atoms with Crippen LogP contribution in [0.5, 0.6) is 0 Å². The number of nitrogens with zero attached hydrogens (tertiary/aromatic N) is 1. The number of methoxy groups -OCH3 is 1. The number of hydrogen-bond donors (Lipinski definition) is 1. The molecule has 1 N–H and O–H groups in total. The van der Waals surface area contributed by atoms with Crippen molar-refractivity contribution >= 4 is 17.4 Å². The first-order valence-electron chi connectivity index (χ1n) is 5.57. The molecule has 0 fully saturated rings. The van der Waals surface area contributed by atoms with Crippen LogP contribution in [0.2, 0.25) is 0 Å². The maximum atomic E-state index is 4.99. The summed E-state index contributed by atoms with van der Waals surface area (Å²) in [5, 5.41) is 4.47. The van der Waals surface area contributed by atoms with Crippen molar-refractivity contribution in [1.82, 2.24) is 10.3 Å². The van der Waals surface area contributed by atoms with Crippen LogP contribution in [0.15, 0.2) is 11.8 Å². The third kappa shape index (κ3) is 4.88. The SMILES string of the molecule is CCC(=Cc1cnc(C)s1)CNCCOC. The summed E-state index contributed by atoms with van der Waals surface area (Å²) in [6, 6.07) is 0. The third-order valence-electron chi connectivity index (χ3n) is 2.27. The van der Waals surface area contributed by atoms with Gasteiger partial charge in [0.2, 0.25) is 0 Å². The second kappa shape index (κ2) is 7.54. The summed E-state index contributed by atoms with van der Waals surface area (Å²) in [7, 11) is 1.72. The zero-order valence-electron chi connectivity index (χ0n) is 10.2. The molecule has 4 heteroatoms. The molecular weight excluding hydrogens is 220 g/mol. The summed E-state index contributed by atoms with van der Waals surface area (Å²) < 4.78 is 4.99. The Bertz CT molecular complexity index is 334. The van der Waals surface area contributed by atoms with Gasteiger partial charge in [-0.15, -0.1) is 11.3 Å². The number of ether oxygens (including phenoxy) is 1. The summed E-state index contributed by atoms with van der Waals surface area (Å²) in [4.78, 5) is 5.49. The zero-order valence-corrected chi connectivity index (χ0v) is 11.1. The van der Waals surface area contributed by atoms with E-state index in [1.54, 1.807) is 18.4 Å². The Labute approximate surface area is 102 Å². The Hall–Kier alpha value is -0.710. The Morgan fingerprint density at radius 2 is 2.44 bits per heavy atom. The first kappa shape index (κ1) is 13.4. The second-order valence-electron chi connectivity index (χ2n) is 3.61. The lowest BCUT2D eigenvalue weighted by Gasteiger charge is -2.06. The number of thiazole rings is 1. The molecule has 1 aromatic heterocycles. The molecule has 90 valence electrons. The predicted molar refractivity (Wildman–Crippen MR) is 69.9 cm³/mol. The summed E-state index contributed by atoms with van der Waals surface area (Å²) in [5.74, 6) is 0. The maximum absolute atomic E-state index is 4.99. The van der Waals surface area contributed by atoms with Crippen LogP contribution in [0.1, 0.15) is 23.2 Å². The van der Waals surface area contributed by atoms with Crippen molar-refractivity contribution in [1.29, 1.82) is 0 Å². The van der Waals surface area contributed by atoms with E-state index in [1.165, 1.54) is 10.5 Å². The van der Waals surface area contributed by atoms with Gasteiger partial charge in [-0.2, -0.15) is 0 Å². The Morgan fingerprint density at radius 3 is 3.00 bits per heavy atom. The van der Waals surface area contributed by atoms with Crippen LogP contribution in [0, 0.1) is 6.92 Å². The average Bonchev–Trinajstić information content (AvgIpc) is 2.68. The Balaban J connectivity index is 2.43. The van der Waals surface area contributed by atoms with Crippen LogP contribution < -0.4 is 5.32 Å². The lowest BCUT2D eigenvalue weighted by atomic mass is 10.2. The maximum Gasteiger partial charge on any atom is 0.0900 e. The van der Waals surface area contributed by atoms with E-state index in [9.17, 15) is 0 Å². The monoisotopic (exact) mass is 240 g/mol. The molecule has 0 saturated heterocycles. The van der Waals surface area contributed by atoms with E-state index in [-0.39, 0.29) is 0 Å². The van der Waals surface area contributed by atoms with Gasteiger partial charge in [0.25, 0.3) is 0 Å². The molecule has 0 aliphatic rings. The molecule has 0 saturated carbocycles. The Morgan fingerprint density at radius 1 is 1.62 bits per heavy atom. The standard InChI is InChI=1S/C12H20N2OS/c1-4-11(8-13-5-6-15-3)7-12-9-14-10(2)16-12/h7,9,13H,4-6,8H2,1-3H3. The normalized spacial score (nSPS) is 12.1. The molecule has 1 heterocycles. The van der Waals surface area contributed by atoms with Gasteiger partial charge in [-0.05, 0) is 19.4 Å².